The molecule has 0 aromatic heterocycles. The number of halogens is 1. The summed E-state index contributed by atoms with van der Waals surface area (Å²) in [5.74, 6) is 1.18. The minimum Gasteiger partial charge on any atom is -0.486 e. The highest BCUT2D eigenvalue weighted by molar-refractivity contribution is 9.10. The van der Waals surface area contributed by atoms with Crippen LogP contribution in [0.15, 0.2) is 16.6 Å². The Labute approximate surface area is 120 Å². The summed E-state index contributed by atoms with van der Waals surface area (Å²) in [5, 5.41) is 3.10. The van der Waals surface area contributed by atoms with Gasteiger partial charge in [0.25, 0.3) is 0 Å². The van der Waals surface area contributed by atoms with Crippen LogP contribution in [0.5, 0.6) is 11.5 Å². The monoisotopic (exact) mass is 329 g/mol. The molecule has 0 radical (unpaired) electrons. The summed E-state index contributed by atoms with van der Waals surface area (Å²) in [5.41, 5.74) is 1.01. The van der Waals surface area contributed by atoms with Crippen LogP contribution in [0.1, 0.15) is 18.5 Å². The number of carbonyl (C=O) groups is 1. The number of nitrogens with one attached hydrogen (secondary N) is 1. The van der Waals surface area contributed by atoms with Crippen molar-refractivity contribution in [2.75, 3.05) is 26.9 Å². The minimum absolute atomic E-state index is 0.00991. The van der Waals surface area contributed by atoms with Crippen LogP contribution in [0, 0.1) is 0 Å². The lowest BCUT2D eigenvalue weighted by atomic mass is 10.1. The third-order valence-electron chi connectivity index (χ3n) is 2.91. The van der Waals surface area contributed by atoms with Crippen LogP contribution in [0.3, 0.4) is 0 Å². The number of rotatable bonds is 4. The predicted octanol–water partition coefficient (Wildman–Crippen LogP) is 2.04. The number of carbonyl (C=O) groups excluding carboxylic acids is 1. The molecule has 1 N–H and O–H groups in total. The third-order valence-corrected chi connectivity index (χ3v) is 3.60. The first-order valence-electron chi connectivity index (χ1n) is 6.01. The first-order valence-corrected chi connectivity index (χ1v) is 6.80. The van der Waals surface area contributed by atoms with Gasteiger partial charge in [-0.2, -0.15) is 0 Å². The van der Waals surface area contributed by atoms with Gasteiger partial charge in [-0.25, -0.2) is 0 Å². The molecule has 0 saturated carbocycles. The summed E-state index contributed by atoms with van der Waals surface area (Å²) in [7, 11) is 1.37. The molecule has 1 aromatic carbocycles. The second-order valence-corrected chi connectivity index (χ2v) is 5.05. The fourth-order valence-electron chi connectivity index (χ4n) is 1.83. The highest BCUT2D eigenvalue weighted by Crippen LogP contribution is 2.37. The van der Waals surface area contributed by atoms with Crippen LogP contribution < -0.4 is 14.8 Å². The van der Waals surface area contributed by atoms with Crippen LogP contribution in [-0.2, 0) is 9.53 Å². The minimum atomic E-state index is -0.291. The van der Waals surface area contributed by atoms with Gasteiger partial charge in [0.2, 0.25) is 0 Å². The number of fused-ring (bicyclic) bond motifs is 1. The fraction of sp³-hybridized carbons (Fsp3) is 0.462. The Morgan fingerprint density at radius 1 is 1.42 bits per heavy atom. The maximum Gasteiger partial charge on any atom is 0.319 e. The van der Waals surface area contributed by atoms with Crippen molar-refractivity contribution in [2.24, 2.45) is 0 Å². The summed E-state index contributed by atoms with van der Waals surface area (Å²) in [6.07, 6.45) is 0. The Kier molecular flexibility index (Phi) is 4.66. The quantitative estimate of drug-likeness (QED) is 0.857. The van der Waals surface area contributed by atoms with E-state index in [1.807, 2.05) is 19.1 Å². The van der Waals surface area contributed by atoms with Gasteiger partial charge in [0.05, 0.1) is 13.7 Å². The van der Waals surface area contributed by atoms with Gasteiger partial charge in [0, 0.05) is 10.5 Å². The maximum absolute atomic E-state index is 11.1. The molecule has 1 aromatic rings. The van der Waals surface area contributed by atoms with Crippen LogP contribution in [-0.4, -0.2) is 32.8 Å². The number of hydrogen-bond donors (Lipinski definition) is 1. The van der Waals surface area contributed by atoms with Crippen LogP contribution in [0.25, 0.3) is 0 Å². The largest absolute Gasteiger partial charge is 0.486 e. The van der Waals surface area contributed by atoms with E-state index in [9.17, 15) is 4.79 Å². The molecule has 19 heavy (non-hydrogen) atoms. The van der Waals surface area contributed by atoms with Gasteiger partial charge in [-0.15, -0.1) is 0 Å². The van der Waals surface area contributed by atoms with E-state index in [1.54, 1.807) is 0 Å². The number of hydrogen-bond acceptors (Lipinski definition) is 5. The van der Waals surface area contributed by atoms with E-state index in [2.05, 4.69) is 26.0 Å². The molecule has 2 rings (SSSR count). The lowest BCUT2D eigenvalue weighted by molar-refractivity contribution is -0.139. The van der Waals surface area contributed by atoms with Crippen molar-refractivity contribution < 1.29 is 19.0 Å². The third kappa shape index (κ3) is 3.39. The molecule has 0 aliphatic carbocycles. The van der Waals surface area contributed by atoms with E-state index >= 15 is 0 Å². The van der Waals surface area contributed by atoms with Crippen LogP contribution in [0.4, 0.5) is 0 Å². The van der Waals surface area contributed by atoms with E-state index in [0.29, 0.717) is 13.2 Å². The fourth-order valence-corrected chi connectivity index (χ4v) is 2.50. The molecule has 6 heteroatoms. The number of benzene rings is 1. The van der Waals surface area contributed by atoms with Crippen molar-refractivity contribution in [2.45, 2.75) is 13.0 Å². The number of ether oxygens (including phenoxy) is 3. The van der Waals surface area contributed by atoms with Crippen LogP contribution in [0.2, 0.25) is 0 Å². The van der Waals surface area contributed by atoms with E-state index in [-0.39, 0.29) is 18.6 Å². The molecular formula is C13H16BrNO4. The molecule has 0 amide bonds. The molecule has 1 aliphatic heterocycles. The number of methoxy groups -OCH3 is 1. The molecule has 1 heterocycles. The smallest absolute Gasteiger partial charge is 0.319 e. The van der Waals surface area contributed by atoms with Gasteiger partial charge < -0.3 is 19.5 Å². The lowest BCUT2D eigenvalue weighted by Crippen LogP contribution is -2.27. The zero-order chi connectivity index (χ0) is 13.8. The van der Waals surface area contributed by atoms with Crippen LogP contribution >= 0.6 is 15.9 Å². The molecule has 0 fully saturated rings. The van der Waals surface area contributed by atoms with E-state index in [0.717, 1.165) is 21.5 Å². The van der Waals surface area contributed by atoms with E-state index < -0.39 is 0 Å². The van der Waals surface area contributed by atoms with Gasteiger partial charge in [-0.1, -0.05) is 15.9 Å². The van der Waals surface area contributed by atoms with E-state index in [1.165, 1.54) is 7.11 Å². The molecule has 0 spiro atoms. The Hall–Kier alpha value is -1.27. The van der Waals surface area contributed by atoms with Crippen molar-refractivity contribution in [3.05, 3.63) is 22.2 Å². The van der Waals surface area contributed by atoms with Gasteiger partial charge in [-0.05, 0) is 24.6 Å². The molecule has 104 valence electrons. The van der Waals surface area contributed by atoms with Crippen molar-refractivity contribution in [1.82, 2.24) is 5.32 Å². The average Bonchev–Trinajstić information content (AvgIpc) is 2.43. The van der Waals surface area contributed by atoms with Gasteiger partial charge in [0.1, 0.15) is 13.2 Å². The van der Waals surface area contributed by atoms with E-state index in [4.69, 9.17) is 9.47 Å². The molecule has 1 aliphatic rings. The molecule has 1 atom stereocenters. The van der Waals surface area contributed by atoms with Crippen molar-refractivity contribution in [3.8, 4) is 11.5 Å². The standard InChI is InChI=1S/C13H16BrNO4/c1-8(15-7-13(16)17-2)9-5-11-12(6-10(9)14)19-4-3-18-11/h5-6,8,15H,3-4,7H2,1-2H3. The van der Waals surface area contributed by atoms with Crippen molar-refractivity contribution in [1.29, 1.82) is 0 Å². The Morgan fingerprint density at radius 2 is 2.05 bits per heavy atom. The maximum atomic E-state index is 11.1. The van der Waals surface area contributed by atoms with Gasteiger partial charge in [0.15, 0.2) is 11.5 Å². The second kappa shape index (κ2) is 6.25. The van der Waals surface area contributed by atoms with Gasteiger partial charge >= 0.3 is 5.97 Å². The lowest BCUT2D eigenvalue weighted by Gasteiger charge is -2.22. The molecule has 0 bridgehead atoms. The summed E-state index contributed by atoms with van der Waals surface area (Å²) in [4.78, 5) is 11.1. The predicted molar refractivity (Wildman–Crippen MR) is 73.6 cm³/mol. The zero-order valence-corrected chi connectivity index (χ0v) is 12.5. The molecule has 0 saturated heterocycles. The SMILES string of the molecule is COC(=O)CNC(C)c1cc2c(cc1Br)OCCO2. The van der Waals surface area contributed by atoms with Gasteiger partial charge in [-0.3, -0.25) is 4.79 Å². The summed E-state index contributed by atoms with van der Waals surface area (Å²) >= 11 is 3.51. The summed E-state index contributed by atoms with van der Waals surface area (Å²) in [6.45, 7) is 3.25. The Balaban J connectivity index is 2.12. The van der Waals surface area contributed by atoms with Crippen molar-refractivity contribution >= 4 is 21.9 Å². The normalized spacial score (nSPS) is 14.9. The second-order valence-electron chi connectivity index (χ2n) is 4.20. The summed E-state index contributed by atoms with van der Waals surface area (Å²) in [6, 6.07) is 3.80. The topological polar surface area (TPSA) is 56.8 Å². The highest BCUT2D eigenvalue weighted by atomic mass is 79.9. The molecule has 1 unspecified atom stereocenters. The Bertz CT molecular complexity index is 478. The highest BCUT2D eigenvalue weighted by Gasteiger charge is 2.18. The summed E-state index contributed by atoms with van der Waals surface area (Å²) < 4.78 is 16.6. The molecule has 5 nitrogen and oxygen atoms in total. The average molecular weight is 330 g/mol. The first-order chi connectivity index (χ1) is 9.11. The number of esters is 1. The Morgan fingerprint density at radius 3 is 2.68 bits per heavy atom. The van der Waals surface area contributed by atoms with Crippen molar-refractivity contribution in [3.63, 3.8) is 0 Å². The zero-order valence-electron chi connectivity index (χ0n) is 10.9. The molecular weight excluding hydrogens is 314 g/mol. The first kappa shape index (κ1) is 14.1.